The first-order chi connectivity index (χ1) is 11.7. The van der Waals surface area contributed by atoms with Gasteiger partial charge in [0.05, 0.1) is 0 Å². The predicted molar refractivity (Wildman–Crippen MR) is 102 cm³/mol. The molecular formula is C20H18BrNO2. The summed E-state index contributed by atoms with van der Waals surface area (Å²) in [4.78, 5) is 12.3. The number of hydrogen-bond donors (Lipinski definition) is 1. The Morgan fingerprint density at radius 1 is 1.08 bits per heavy atom. The Hall–Kier alpha value is -2.33. The lowest BCUT2D eigenvalue weighted by Gasteiger charge is -2.12. The summed E-state index contributed by atoms with van der Waals surface area (Å²) in [5.74, 6) is 0.574. The first-order valence-electron chi connectivity index (χ1n) is 7.86. The summed E-state index contributed by atoms with van der Waals surface area (Å²) in [6, 6.07) is 19.6. The van der Waals surface area contributed by atoms with Crippen LogP contribution in [0.1, 0.15) is 12.5 Å². The molecule has 0 saturated heterocycles. The molecule has 3 rings (SSSR count). The predicted octanol–water partition coefficient (Wildman–Crippen LogP) is 5.18. The number of nitrogens with one attached hydrogen (secondary N) is 1. The molecule has 1 amide bonds. The van der Waals surface area contributed by atoms with E-state index in [1.807, 2.05) is 60.7 Å². The van der Waals surface area contributed by atoms with Crippen molar-refractivity contribution in [3.05, 3.63) is 70.7 Å². The fourth-order valence-corrected chi connectivity index (χ4v) is 3.04. The lowest BCUT2D eigenvalue weighted by atomic mass is 10.1. The summed E-state index contributed by atoms with van der Waals surface area (Å²) >= 11 is 3.45. The van der Waals surface area contributed by atoms with Crippen molar-refractivity contribution in [2.24, 2.45) is 0 Å². The molecule has 0 radical (unpaired) electrons. The minimum atomic E-state index is -0.170. The molecule has 0 heterocycles. The molecule has 1 N–H and O–H groups in total. The third kappa shape index (κ3) is 3.77. The van der Waals surface area contributed by atoms with Crippen molar-refractivity contribution in [2.75, 3.05) is 11.9 Å². The van der Waals surface area contributed by atoms with Crippen LogP contribution in [0.5, 0.6) is 5.75 Å². The normalized spacial score (nSPS) is 10.6. The fraction of sp³-hybridized carbons (Fsp3) is 0.150. The lowest BCUT2D eigenvalue weighted by molar-refractivity contribution is -0.118. The molecular weight excluding hydrogens is 366 g/mol. The average Bonchev–Trinajstić information content (AvgIpc) is 2.61. The summed E-state index contributed by atoms with van der Waals surface area (Å²) in [5.41, 5.74) is 1.87. The van der Waals surface area contributed by atoms with E-state index in [4.69, 9.17) is 4.74 Å². The molecule has 0 saturated carbocycles. The molecule has 0 spiro atoms. The molecule has 0 aliphatic carbocycles. The zero-order chi connectivity index (χ0) is 16.9. The molecule has 0 fully saturated rings. The maximum absolute atomic E-state index is 12.3. The van der Waals surface area contributed by atoms with Crippen molar-refractivity contribution in [3.63, 3.8) is 0 Å². The molecule has 0 atom stereocenters. The topological polar surface area (TPSA) is 38.3 Å². The van der Waals surface area contributed by atoms with Gasteiger partial charge in [0.15, 0.2) is 6.61 Å². The number of benzene rings is 3. The molecule has 0 unspecified atom stereocenters. The second kappa shape index (κ2) is 7.49. The van der Waals surface area contributed by atoms with Crippen molar-refractivity contribution in [2.45, 2.75) is 13.3 Å². The van der Waals surface area contributed by atoms with E-state index < -0.39 is 0 Å². The molecule has 3 nitrogen and oxygen atoms in total. The first kappa shape index (κ1) is 16.5. The van der Waals surface area contributed by atoms with Crippen LogP contribution >= 0.6 is 15.9 Å². The summed E-state index contributed by atoms with van der Waals surface area (Å²) in [5, 5.41) is 5.05. The number of carbonyl (C=O) groups excluding carboxylic acids is 1. The molecule has 122 valence electrons. The van der Waals surface area contributed by atoms with Crippen molar-refractivity contribution >= 4 is 38.3 Å². The zero-order valence-electron chi connectivity index (χ0n) is 13.4. The minimum absolute atomic E-state index is 0.0160. The smallest absolute Gasteiger partial charge is 0.262 e. The van der Waals surface area contributed by atoms with Gasteiger partial charge in [-0.2, -0.15) is 0 Å². The van der Waals surface area contributed by atoms with Gasteiger partial charge in [-0.25, -0.2) is 0 Å². The Bertz CT molecular complexity index is 871. The number of amides is 1. The lowest BCUT2D eigenvalue weighted by Crippen LogP contribution is -2.20. The SMILES string of the molecule is CCc1cc(Br)ccc1OCC(=O)Nc1cccc2ccccc12. The van der Waals surface area contributed by atoms with Crippen LogP contribution in [0.3, 0.4) is 0 Å². The van der Waals surface area contributed by atoms with Gasteiger partial charge in [-0.3, -0.25) is 4.79 Å². The van der Waals surface area contributed by atoms with Crippen LogP contribution in [0.25, 0.3) is 10.8 Å². The summed E-state index contributed by atoms with van der Waals surface area (Å²) in [6.45, 7) is 2.04. The number of carbonyl (C=O) groups is 1. The van der Waals surface area contributed by atoms with E-state index in [1.54, 1.807) is 0 Å². The largest absolute Gasteiger partial charge is 0.483 e. The second-order valence-corrected chi connectivity index (χ2v) is 6.38. The number of fused-ring (bicyclic) bond motifs is 1. The minimum Gasteiger partial charge on any atom is -0.483 e. The van der Waals surface area contributed by atoms with Gasteiger partial charge in [-0.1, -0.05) is 59.3 Å². The highest BCUT2D eigenvalue weighted by Crippen LogP contribution is 2.25. The average molecular weight is 384 g/mol. The number of ether oxygens (including phenoxy) is 1. The quantitative estimate of drug-likeness (QED) is 0.658. The number of anilines is 1. The highest BCUT2D eigenvalue weighted by Gasteiger charge is 2.08. The summed E-state index contributed by atoms with van der Waals surface area (Å²) in [6.07, 6.45) is 0.847. The molecule has 24 heavy (non-hydrogen) atoms. The van der Waals surface area contributed by atoms with Crippen molar-refractivity contribution in [3.8, 4) is 5.75 Å². The van der Waals surface area contributed by atoms with Crippen molar-refractivity contribution in [1.29, 1.82) is 0 Å². The number of halogens is 1. The van der Waals surface area contributed by atoms with Crippen LogP contribution in [-0.2, 0) is 11.2 Å². The molecule has 0 aliphatic heterocycles. The third-order valence-corrected chi connectivity index (χ3v) is 4.32. The van der Waals surface area contributed by atoms with Gasteiger partial charge in [-0.05, 0) is 41.6 Å². The summed E-state index contributed by atoms with van der Waals surface area (Å²) < 4.78 is 6.70. The van der Waals surface area contributed by atoms with Crippen LogP contribution in [0, 0.1) is 0 Å². The van der Waals surface area contributed by atoms with Crippen LogP contribution in [-0.4, -0.2) is 12.5 Å². The Kier molecular flexibility index (Phi) is 5.16. The Morgan fingerprint density at radius 2 is 1.88 bits per heavy atom. The second-order valence-electron chi connectivity index (χ2n) is 5.47. The van der Waals surface area contributed by atoms with Gasteiger partial charge in [-0.15, -0.1) is 0 Å². The van der Waals surface area contributed by atoms with Crippen molar-refractivity contribution in [1.82, 2.24) is 0 Å². The van der Waals surface area contributed by atoms with Gasteiger partial charge in [0, 0.05) is 15.5 Å². The van der Waals surface area contributed by atoms with E-state index in [0.29, 0.717) is 0 Å². The standard InChI is InChI=1S/C20H18BrNO2/c1-2-14-12-16(21)10-11-19(14)24-13-20(23)22-18-9-5-7-15-6-3-4-8-17(15)18/h3-12H,2,13H2,1H3,(H,22,23). The van der Waals surface area contributed by atoms with Gasteiger partial charge in [0.1, 0.15) is 5.75 Å². The van der Waals surface area contributed by atoms with E-state index in [-0.39, 0.29) is 12.5 Å². The van der Waals surface area contributed by atoms with Crippen LogP contribution in [0.15, 0.2) is 65.1 Å². The van der Waals surface area contributed by atoms with E-state index in [0.717, 1.165) is 38.7 Å². The van der Waals surface area contributed by atoms with Crippen molar-refractivity contribution < 1.29 is 9.53 Å². The van der Waals surface area contributed by atoms with Gasteiger partial charge >= 0.3 is 0 Å². The van der Waals surface area contributed by atoms with E-state index in [9.17, 15) is 4.79 Å². The number of aryl methyl sites for hydroxylation is 1. The highest BCUT2D eigenvalue weighted by molar-refractivity contribution is 9.10. The van der Waals surface area contributed by atoms with Gasteiger partial charge in [0.25, 0.3) is 5.91 Å². The maximum atomic E-state index is 12.3. The van der Waals surface area contributed by atoms with E-state index >= 15 is 0 Å². The number of hydrogen-bond acceptors (Lipinski definition) is 2. The van der Waals surface area contributed by atoms with Gasteiger partial charge in [0.2, 0.25) is 0 Å². The molecule has 4 heteroatoms. The summed E-state index contributed by atoms with van der Waals surface area (Å²) in [7, 11) is 0. The maximum Gasteiger partial charge on any atom is 0.262 e. The third-order valence-electron chi connectivity index (χ3n) is 3.83. The fourth-order valence-electron chi connectivity index (χ4n) is 2.63. The molecule has 0 bridgehead atoms. The highest BCUT2D eigenvalue weighted by atomic mass is 79.9. The van der Waals surface area contributed by atoms with Gasteiger partial charge < -0.3 is 10.1 Å². The Morgan fingerprint density at radius 3 is 2.71 bits per heavy atom. The van der Waals surface area contributed by atoms with Crippen LogP contribution < -0.4 is 10.1 Å². The van der Waals surface area contributed by atoms with Crippen LogP contribution in [0.4, 0.5) is 5.69 Å². The molecule has 3 aromatic rings. The van der Waals surface area contributed by atoms with E-state index in [2.05, 4.69) is 28.2 Å². The first-order valence-corrected chi connectivity index (χ1v) is 8.65. The zero-order valence-corrected chi connectivity index (χ0v) is 15.0. The molecule has 3 aromatic carbocycles. The van der Waals surface area contributed by atoms with E-state index in [1.165, 1.54) is 0 Å². The van der Waals surface area contributed by atoms with Crippen LogP contribution in [0.2, 0.25) is 0 Å². The monoisotopic (exact) mass is 383 g/mol. The molecule has 0 aliphatic rings. The molecule has 0 aromatic heterocycles. The Balaban J connectivity index is 1.70. The Labute approximate surface area is 149 Å². The number of rotatable bonds is 5.